The van der Waals surface area contributed by atoms with E-state index in [2.05, 4.69) is 5.32 Å². The molecule has 0 aliphatic carbocycles. The van der Waals surface area contributed by atoms with E-state index in [0.29, 0.717) is 6.61 Å². The third-order valence-corrected chi connectivity index (χ3v) is 4.04. The van der Waals surface area contributed by atoms with Gasteiger partial charge in [0.25, 0.3) is 0 Å². The number of nitrogens with zero attached hydrogens (tertiary/aromatic N) is 1. The highest BCUT2D eigenvalue weighted by atomic mass is 16.5. The number of methoxy groups -OCH3 is 1. The summed E-state index contributed by atoms with van der Waals surface area (Å²) in [6, 6.07) is -0.779. The summed E-state index contributed by atoms with van der Waals surface area (Å²) < 4.78 is 5.06. The summed E-state index contributed by atoms with van der Waals surface area (Å²) in [5.41, 5.74) is 0. The second-order valence-corrected chi connectivity index (χ2v) is 5.42. The fourth-order valence-corrected chi connectivity index (χ4v) is 2.46. The van der Waals surface area contributed by atoms with E-state index in [4.69, 9.17) is 4.74 Å². The monoisotopic (exact) mass is 270 g/mol. The molecule has 2 amide bonds. The first-order chi connectivity index (χ1) is 8.93. The molecule has 1 aliphatic rings. The fourth-order valence-electron chi connectivity index (χ4n) is 2.46. The maximum atomic E-state index is 12.6. The molecule has 0 spiro atoms. The molecule has 0 aromatic rings. The van der Waals surface area contributed by atoms with Gasteiger partial charge in [0, 0.05) is 19.8 Å². The highest BCUT2D eigenvalue weighted by Crippen LogP contribution is 2.21. The van der Waals surface area contributed by atoms with Crippen LogP contribution in [0.5, 0.6) is 0 Å². The third kappa shape index (κ3) is 3.47. The lowest BCUT2D eigenvalue weighted by molar-refractivity contribution is -0.152. The number of ether oxygens (including phenoxy) is 1. The smallest absolute Gasteiger partial charge is 0.246 e. The Hall–Kier alpha value is -1.10. The van der Waals surface area contributed by atoms with E-state index in [1.807, 2.05) is 20.8 Å². The van der Waals surface area contributed by atoms with Crippen molar-refractivity contribution >= 4 is 11.8 Å². The third-order valence-electron chi connectivity index (χ3n) is 4.04. The van der Waals surface area contributed by atoms with Crippen molar-refractivity contribution in [1.29, 1.82) is 0 Å². The molecule has 4 atom stereocenters. The minimum absolute atomic E-state index is 0.0139. The van der Waals surface area contributed by atoms with E-state index in [1.54, 1.807) is 18.9 Å². The lowest BCUT2D eigenvalue weighted by atomic mass is 9.93. The number of carbonyl (C=O) groups is 2. The van der Waals surface area contributed by atoms with Crippen LogP contribution in [-0.2, 0) is 14.3 Å². The average Bonchev–Trinajstić information content (AvgIpc) is 2.39. The highest BCUT2D eigenvalue weighted by Gasteiger charge is 2.41. The Balaban J connectivity index is 2.86. The molecule has 0 radical (unpaired) electrons. The highest BCUT2D eigenvalue weighted by molar-refractivity contribution is 5.97. The first kappa shape index (κ1) is 16.0. The Bertz CT molecular complexity index is 333. The molecule has 0 saturated carbocycles. The van der Waals surface area contributed by atoms with Crippen molar-refractivity contribution < 1.29 is 14.3 Å². The lowest BCUT2D eigenvalue weighted by Gasteiger charge is -2.42. The SMILES string of the molecule is CCC(C)C1NC(=O)C(C)N(C(C)CCOC)C1=O. The van der Waals surface area contributed by atoms with Crippen molar-refractivity contribution in [2.45, 2.75) is 58.7 Å². The lowest BCUT2D eigenvalue weighted by Crippen LogP contribution is -2.66. The number of amides is 2. The largest absolute Gasteiger partial charge is 0.385 e. The van der Waals surface area contributed by atoms with Crippen LogP contribution in [-0.4, -0.2) is 48.6 Å². The van der Waals surface area contributed by atoms with E-state index in [9.17, 15) is 9.59 Å². The van der Waals surface area contributed by atoms with Crippen LogP contribution in [0.1, 0.15) is 40.5 Å². The second kappa shape index (κ2) is 6.89. The van der Waals surface area contributed by atoms with Crippen LogP contribution in [0.25, 0.3) is 0 Å². The van der Waals surface area contributed by atoms with Crippen molar-refractivity contribution in [2.75, 3.05) is 13.7 Å². The molecule has 5 nitrogen and oxygen atoms in total. The van der Waals surface area contributed by atoms with Gasteiger partial charge in [0.05, 0.1) is 0 Å². The van der Waals surface area contributed by atoms with Gasteiger partial charge in [0.1, 0.15) is 12.1 Å². The molecule has 4 unspecified atom stereocenters. The predicted molar refractivity (Wildman–Crippen MR) is 73.6 cm³/mol. The van der Waals surface area contributed by atoms with E-state index in [0.717, 1.165) is 12.8 Å². The summed E-state index contributed by atoms with van der Waals surface area (Å²) in [5.74, 6) is 0.125. The van der Waals surface area contributed by atoms with Crippen LogP contribution in [0, 0.1) is 5.92 Å². The molecule has 0 bridgehead atoms. The Kier molecular flexibility index (Phi) is 5.79. The first-order valence-corrected chi connectivity index (χ1v) is 7.05. The second-order valence-electron chi connectivity index (χ2n) is 5.42. The number of hydrogen-bond donors (Lipinski definition) is 1. The molecule has 0 aromatic heterocycles. The van der Waals surface area contributed by atoms with Crippen molar-refractivity contribution in [3.63, 3.8) is 0 Å². The number of nitrogens with one attached hydrogen (secondary N) is 1. The van der Waals surface area contributed by atoms with Gasteiger partial charge >= 0.3 is 0 Å². The standard InChI is InChI=1S/C14H26N2O3/c1-6-9(2)12-14(18)16(10(3)7-8-19-5)11(4)13(17)15-12/h9-12H,6-8H2,1-5H3,(H,15,17). The quantitative estimate of drug-likeness (QED) is 0.788. The summed E-state index contributed by atoms with van der Waals surface area (Å²) in [5, 5.41) is 2.85. The van der Waals surface area contributed by atoms with Crippen molar-refractivity contribution in [2.24, 2.45) is 5.92 Å². The fraction of sp³-hybridized carbons (Fsp3) is 0.857. The molecule has 1 fully saturated rings. The van der Waals surface area contributed by atoms with Crippen LogP contribution in [0.15, 0.2) is 0 Å². The van der Waals surface area contributed by atoms with Gasteiger partial charge in [-0.1, -0.05) is 20.3 Å². The van der Waals surface area contributed by atoms with Crippen LogP contribution in [0.3, 0.4) is 0 Å². The van der Waals surface area contributed by atoms with Gasteiger partial charge in [-0.15, -0.1) is 0 Å². The Morgan fingerprint density at radius 3 is 2.53 bits per heavy atom. The number of piperazine rings is 1. The number of hydrogen-bond acceptors (Lipinski definition) is 3. The summed E-state index contributed by atoms with van der Waals surface area (Å²) >= 11 is 0. The molecule has 1 heterocycles. The van der Waals surface area contributed by atoms with Crippen LogP contribution < -0.4 is 5.32 Å². The van der Waals surface area contributed by atoms with Gasteiger partial charge < -0.3 is 15.0 Å². The summed E-state index contributed by atoms with van der Waals surface area (Å²) in [7, 11) is 1.64. The van der Waals surface area contributed by atoms with Gasteiger partial charge in [-0.2, -0.15) is 0 Å². The Morgan fingerprint density at radius 2 is 2.00 bits per heavy atom. The molecule has 19 heavy (non-hydrogen) atoms. The minimum atomic E-state index is -0.403. The zero-order valence-corrected chi connectivity index (χ0v) is 12.6. The normalized spacial score (nSPS) is 27.1. The van der Waals surface area contributed by atoms with Gasteiger partial charge in [-0.3, -0.25) is 9.59 Å². The van der Waals surface area contributed by atoms with Gasteiger partial charge in [-0.05, 0) is 26.2 Å². The Labute approximate surface area is 115 Å². The van der Waals surface area contributed by atoms with Gasteiger partial charge in [0.2, 0.25) is 11.8 Å². The molecular weight excluding hydrogens is 244 g/mol. The minimum Gasteiger partial charge on any atom is -0.385 e. The van der Waals surface area contributed by atoms with Crippen LogP contribution >= 0.6 is 0 Å². The van der Waals surface area contributed by atoms with E-state index < -0.39 is 12.1 Å². The Morgan fingerprint density at radius 1 is 1.37 bits per heavy atom. The van der Waals surface area contributed by atoms with Crippen LogP contribution in [0.2, 0.25) is 0 Å². The van der Waals surface area contributed by atoms with Crippen molar-refractivity contribution in [3.05, 3.63) is 0 Å². The average molecular weight is 270 g/mol. The zero-order chi connectivity index (χ0) is 14.6. The predicted octanol–water partition coefficient (Wildman–Crippen LogP) is 1.17. The van der Waals surface area contributed by atoms with E-state index in [1.165, 1.54) is 0 Å². The number of rotatable bonds is 6. The molecule has 1 saturated heterocycles. The van der Waals surface area contributed by atoms with E-state index in [-0.39, 0.29) is 23.8 Å². The molecule has 1 N–H and O–H groups in total. The van der Waals surface area contributed by atoms with Crippen molar-refractivity contribution in [3.8, 4) is 0 Å². The first-order valence-electron chi connectivity index (χ1n) is 7.05. The van der Waals surface area contributed by atoms with Gasteiger partial charge in [0.15, 0.2) is 0 Å². The topological polar surface area (TPSA) is 58.6 Å². The van der Waals surface area contributed by atoms with Gasteiger partial charge in [-0.25, -0.2) is 0 Å². The van der Waals surface area contributed by atoms with E-state index >= 15 is 0 Å². The molecular formula is C14H26N2O3. The summed E-state index contributed by atoms with van der Waals surface area (Å²) in [6.07, 6.45) is 1.61. The molecule has 0 aromatic carbocycles. The molecule has 110 valence electrons. The zero-order valence-electron chi connectivity index (χ0n) is 12.6. The maximum Gasteiger partial charge on any atom is 0.246 e. The summed E-state index contributed by atoms with van der Waals surface area (Å²) in [6.45, 7) is 8.37. The summed E-state index contributed by atoms with van der Waals surface area (Å²) in [4.78, 5) is 26.3. The maximum absolute atomic E-state index is 12.6. The molecule has 5 heteroatoms. The molecule has 1 rings (SSSR count). The number of carbonyl (C=O) groups excluding carboxylic acids is 2. The molecule has 1 aliphatic heterocycles. The van der Waals surface area contributed by atoms with Crippen LogP contribution in [0.4, 0.5) is 0 Å². The van der Waals surface area contributed by atoms with Crippen molar-refractivity contribution in [1.82, 2.24) is 10.2 Å².